The van der Waals surface area contributed by atoms with Crippen LogP contribution in [0.3, 0.4) is 0 Å². The van der Waals surface area contributed by atoms with Crippen LogP contribution in [0.4, 0.5) is 0 Å². The molecule has 0 amide bonds. The summed E-state index contributed by atoms with van der Waals surface area (Å²) in [6.45, 7) is 11.5. The highest BCUT2D eigenvalue weighted by molar-refractivity contribution is 5.75. The number of hydrogen-bond donors (Lipinski definition) is 0. The van der Waals surface area contributed by atoms with Gasteiger partial charge in [-0.25, -0.2) is 9.67 Å². The van der Waals surface area contributed by atoms with Crippen LogP contribution in [0.15, 0.2) is 67.3 Å². The van der Waals surface area contributed by atoms with Crippen molar-refractivity contribution in [2.45, 2.75) is 53.9 Å². The highest BCUT2D eigenvalue weighted by Gasteiger charge is 2.41. The summed E-state index contributed by atoms with van der Waals surface area (Å²) in [4.78, 5) is 16.8. The number of carbonyl (C=O) groups is 1. The third-order valence-electron chi connectivity index (χ3n) is 4.87. The Labute approximate surface area is 184 Å². The Morgan fingerprint density at radius 1 is 0.903 bits per heavy atom. The minimum absolute atomic E-state index is 0.291. The maximum absolute atomic E-state index is 12.7. The lowest BCUT2D eigenvalue weighted by Gasteiger charge is -2.37. The summed E-state index contributed by atoms with van der Waals surface area (Å²) in [6, 6.07) is 18.0. The van der Waals surface area contributed by atoms with Crippen molar-refractivity contribution in [3.05, 3.63) is 67.3 Å². The van der Waals surface area contributed by atoms with Gasteiger partial charge < -0.3 is 9.47 Å². The van der Waals surface area contributed by atoms with Crippen LogP contribution in [0, 0.1) is 10.8 Å². The Morgan fingerprint density at radius 2 is 1.52 bits per heavy atom. The largest absolute Gasteiger partial charge is 0.465 e. The molecule has 2 atom stereocenters. The molecular weight excluding hydrogens is 390 g/mol. The number of esters is 1. The summed E-state index contributed by atoms with van der Waals surface area (Å²) in [6.07, 6.45) is 1.76. The van der Waals surface area contributed by atoms with E-state index in [1.54, 1.807) is 11.0 Å². The van der Waals surface area contributed by atoms with Crippen LogP contribution < -0.4 is 4.74 Å². The lowest BCUT2D eigenvalue weighted by atomic mass is 9.87. The fraction of sp³-hybridized carbons (Fsp3) is 0.400. The van der Waals surface area contributed by atoms with Crippen LogP contribution >= 0.6 is 0 Å². The van der Waals surface area contributed by atoms with Crippen molar-refractivity contribution in [1.29, 1.82) is 0 Å². The highest BCUT2D eigenvalue weighted by atomic mass is 16.6. The van der Waals surface area contributed by atoms with Gasteiger partial charge in [0.25, 0.3) is 0 Å². The third-order valence-corrected chi connectivity index (χ3v) is 4.87. The van der Waals surface area contributed by atoms with E-state index in [1.807, 2.05) is 84.0 Å². The zero-order valence-corrected chi connectivity index (χ0v) is 19.1. The molecule has 0 fully saturated rings. The van der Waals surface area contributed by atoms with Gasteiger partial charge in [0.1, 0.15) is 18.4 Å². The summed E-state index contributed by atoms with van der Waals surface area (Å²) in [5.41, 5.74) is 1.19. The second-order valence-corrected chi connectivity index (χ2v) is 9.72. The van der Waals surface area contributed by atoms with Gasteiger partial charge in [0.2, 0.25) is 6.23 Å². The quantitative estimate of drug-likeness (QED) is 0.490. The second kappa shape index (κ2) is 8.92. The first-order valence-electron chi connectivity index (χ1n) is 10.4. The number of nitrogens with zero attached hydrogens (tertiary/aromatic N) is 3. The van der Waals surface area contributed by atoms with Crippen LogP contribution in [0.1, 0.15) is 47.8 Å². The van der Waals surface area contributed by atoms with E-state index in [4.69, 9.17) is 9.47 Å². The molecule has 2 aromatic carbocycles. The number of benzene rings is 2. The Kier molecular flexibility index (Phi) is 6.48. The van der Waals surface area contributed by atoms with Gasteiger partial charge in [-0.15, -0.1) is 0 Å². The predicted molar refractivity (Wildman–Crippen MR) is 120 cm³/mol. The molecule has 0 saturated heterocycles. The highest BCUT2D eigenvalue weighted by Crippen LogP contribution is 2.35. The standard InChI is InChI=1S/C25H31N3O3/c1-24(2,3)21(31-23(29)25(4,5)6)22(28-17-26-16-27-28)30-20-14-12-19(13-15-20)18-10-8-7-9-11-18/h7-17,21-22H,1-6H3. The Bertz CT molecular complexity index is 970. The summed E-state index contributed by atoms with van der Waals surface area (Å²) in [7, 11) is 0. The molecule has 0 bridgehead atoms. The molecule has 0 aliphatic carbocycles. The molecule has 6 heteroatoms. The van der Waals surface area contributed by atoms with Crippen molar-refractivity contribution < 1.29 is 14.3 Å². The molecule has 0 saturated carbocycles. The minimum atomic E-state index is -0.670. The smallest absolute Gasteiger partial charge is 0.311 e. The first kappa shape index (κ1) is 22.5. The van der Waals surface area contributed by atoms with Crippen LogP contribution in [-0.4, -0.2) is 26.8 Å². The van der Waals surface area contributed by atoms with E-state index >= 15 is 0 Å². The summed E-state index contributed by atoms with van der Waals surface area (Å²) >= 11 is 0. The molecule has 0 spiro atoms. The minimum Gasteiger partial charge on any atom is -0.465 e. The van der Waals surface area contributed by atoms with Crippen molar-refractivity contribution in [3.63, 3.8) is 0 Å². The number of hydrogen-bond acceptors (Lipinski definition) is 5. The van der Waals surface area contributed by atoms with E-state index in [1.165, 1.54) is 6.33 Å². The van der Waals surface area contributed by atoms with Gasteiger partial charge in [-0.05, 0) is 44.0 Å². The van der Waals surface area contributed by atoms with Gasteiger partial charge in [-0.3, -0.25) is 4.79 Å². The number of aromatic nitrogens is 3. The predicted octanol–water partition coefficient (Wildman–Crippen LogP) is 5.53. The van der Waals surface area contributed by atoms with Crippen molar-refractivity contribution >= 4 is 5.97 Å². The van der Waals surface area contributed by atoms with Gasteiger partial charge >= 0.3 is 5.97 Å². The zero-order chi connectivity index (χ0) is 22.6. The number of carbonyl (C=O) groups excluding carboxylic acids is 1. The summed E-state index contributed by atoms with van der Waals surface area (Å²) in [5.74, 6) is 0.363. The molecule has 3 aromatic rings. The summed E-state index contributed by atoms with van der Waals surface area (Å²) < 4.78 is 13.9. The molecule has 0 radical (unpaired) electrons. The van der Waals surface area contributed by atoms with E-state index in [0.29, 0.717) is 5.75 Å². The number of ether oxygens (including phenoxy) is 2. The van der Waals surface area contributed by atoms with Gasteiger partial charge in [0, 0.05) is 5.41 Å². The normalized spacial score (nSPS) is 14.0. The molecule has 2 unspecified atom stereocenters. The molecule has 1 heterocycles. The molecular formula is C25H31N3O3. The number of rotatable bonds is 6. The lowest BCUT2D eigenvalue weighted by molar-refractivity contribution is -0.178. The maximum atomic E-state index is 12.7. The van der Waals surface area contributed by atoms with Crippen LogP contribution in [0.2, 0.25) is 0 Å². The Balaban J connectivity index is 1.90. The van der Waals surface area contributed by atoms with Crippen LogP contribution in [0.5, 0.6) is 5.75 Å². The van der Waals surface area contributed by atoms with E-state index in [-0.39, 0.29) is 5.97 Å². The average molecular weight is 422 g/mol. The van der Waals surface area contributed by atoms with Gasteiger partial charge in [-0.2, -0.15) is 5.10 Å². The van der Waals surface area contributed by atoms with E-state index in [2.05, 4.69) is 22.2 Å². The first-order chi connectivity index (χ1) is 14.6. The average Bonchev–Trinajstić information content (AvgIpc) is 3.24. The first-order valence-corrected chi connectivity index (χ1v) is 10.4. The third kappa shape index (κ3) is 5.72. The second-order valence-electron chi connectivity index (χ2n) is 9.72. The fourth-order valence-corrected chi connectivity index (χ4v) is 3.05. The van der Waals surface area contributed by atoms with E-state index < -0.39 is 23.2 Å². The van der Waals surface area contributed by atoms with Crippen LogP contribution in [-0.2, 0) is 9.53 Å². The van der Waals surface area contributed by atoms with E-state index in [0.717, 1.165) is 11.1 Å². The molecule has 0 N–H and O–H groups in total. The SMILES string of the molecule is CC(C)(C)C(=O)OC(C(Oc1ccc(-c2ccccc2)cc1)n1cncn1)C(C)(C)C. The maximum Gasteiger partial charge on any atom is 0.311 e. The van der Waals surface area contributed by atoms with E-state index in [9.17, 15) is 4.79 Å². The summed E-state index contributed by atoms with van der Waals surface area (Å²) in [5, 5.41) is 4.27. The molecule has 31 heavy (non-hydrogen) atoms. The van der Waals surface area contributed by atoms with Crippen LogP contribution in [0.25, 0.3) is 11.1 Å². The molecule has 164 valence electrons. The van der Waals surface area contributed by atoms with Gasteiger partial charge in [0.05, 0.1) is 5.41 Å². The molecule has 6 nitrogen and oxygen atoms in total. The van der Waals surface area contributed by atoms with Gasteiger partial charge in [-0.1, -0.05) is 63.2 Å². The van der Waals surface area contributed by atoms with Crippen molar-refractivity contribution in [3.8, 4) is 16.9 Å². The Hall–Kier alpha value is -3.15. The topological polar surface area (TPSA) is 66.2 Å². The Morgan fingerprint density at radius 3 is 2.03 bits per heavy atom. The van der Waals surface area contributed by atoms with Crippen molar-refractivity contribution in [1.82, 2.24) is 14.8 Å². The van der Waals surface area contributed by atoms with Crippen molar-refractivity contribution in [2.24, 2.45) is 10.8 Å². The van der Waals surface area contributed by atoms with Crippen molar-refractivity contribution in [2.75, 3.05) is 0 Å². The molecule has 1 aromatic heterocycles. The fourth-order valence-electron chi connectivity index (χ4n) is 3.05. The zero-order valence-electron chi connectivity index (χ0n) is 19.1. The molecule has 0 aliphatic rings. The molecule has 3 rings (SSSR count). The lowest BCUT2D eigenvalue weighted by Crippen LogP contribution is -2.44. The van der Waals surface area contributed by atoms with Gasteiger partial charge in [0.15, 0.2) is 6.10 Å². The molecule has 0 aliphatic heterocycles. The monoisotopic (exact) mass is 421 g/mol.